The van der Waals surface area contributed by atoms with E-state index in [1.165, 1.54) is 5.56 Å². The number of amides is 1. The number of hydrogen-bond donors (Lipinski definition) is 0. The molecular formula is C16H25NOS. The molecule has 0 unspecified atom stereocenters. The third-order valence-corrected chi connectivity index (χ3v) is 3.89. The SMILES string of the molecule is Cc1ccc(SCC(=O)N(CC(C)C)C(C)C)cc1. The van der Waals surface area contributed by atoms with Crippen molar-refractivity contribution in [1.29, 1.82) is 0 Å². The second kappa shape index (κ2) is 7.59. The minimum atomic E-state index is 0.231. The Morgan fingerprint density at radius 1 is 1.16 bits per heavy atom. The number of carbonyl (C=O) groups excluding carboxylic acids is 1. The molecule has 0 spiro atoms. The fourth-order valence-corrected chi connectivity index (χ4v) is 2.64. The van der Waals surface area contributed by atoms with Gasteiger partial charge in [0.2, 0.25) is 5.91 Å². The quantitative estimate of drug-likeness (QED) is 0.734. The first-order valence-electron chi connectivity index (χ1n) is 6.89. The molecule has 0 N–H and O–H groups in total. The lowest BCUT2D eigenvalue weighted by Gasteiger charge is -2.28. The molecule has 2 nitrogen and oxygen atoms in total. The number of thioether (sulfide) groups is 1. The van der Waals surface area contributed by atoms with E-state index in [0.717, 1.165) is 11.4 Å². The molecular weight excluding hydrogens is 254 g/mol. The fraction of sp³-hybridized carbons (Fsp3) is 0.562. The van der Waals surface area contributed by atoms with Crippen molar-refractivity contribution in [3.63, 3.8) is 0 Å². The van der Waals surface area contributed by atoms with E-state index in [1.807, 2.05) is 4.90 Å². The number of carbonyl (C=O) groups is 1. The van der Waals surface area contributed by atoms with E-state index in [-0.39, 0.29) is 11.9 Å². The molecule has 0 heterocycles. The molecule has 1 amide bonds. The minimum Gasteiger partial charge on any atom is -0.339 e. The topological polar surface area (TPSA) is 20.3 Å². The van der Waals surface area contributed by atoms with Gasteiger partial charge in [0.1, 0.15) is 0 Å². The zero-order valence-electron chi connectivity index (χ0n) is 12.6. The summed E-state index contributed by atoms with van der Waals surface area (Å²) < 4.78 is 0. The molecule has 0 aromatic heterocycles. The molecule has 0 aliphatic heterocycles. The van der Waals surface area contributed by atoms with Gasteiger partial charge in [-0.15, -0.1) is 11.8 Å². The molecule has 1 aromatic carbocycles. The van der Waals surface area contributed by atoms with Crippen LogP contribution in [-0.2, 0) is 4.79 Å². The third-order valence-electron chi connectivity index (χ3n) is 2.89. The van der Waals surface area contributed by atoms with Gasteiger partial charge < -0.3 is 4.90 Å². The molecule has 0 saturated heterocycles. The van der Waals surface area contributed by atoms with Crippen LogP contribution in [0.5, 0.6) is 0 Å². The Morgan fingerprint density at radius 2 is 1.74 bits per heavy atom. The average Bonchev–Trinajstić information content (AvgIpc) is 2.34. The maximum atomic E-state index is 12.3. The van der Waals surface area contributed by atoms with Crippen LogP contribution in [-0.4, -0.2) is 29.1 Å². The van der Waals surface area contributed by atoms with Crippen LogP contribution in [0.3, 0.4) is 0 Å². The molecule has 0 fully saturated rings. The molecule has 1 rings (SSSR count). The zero-order chi connectivity index (χ0) is 14.4. The van der Waals surface area contributed by atoms with Crippen molar-refractivity contribution in [3.8, 4) is 0 Å². The highest BCUT2D eigenvalue weighted by Gasteiger charge is 2.17. The maximum Gasteiger partial charge on any atom is 0.233 e. The summed E-state index contributed by atoms with van der Waals surface area (Å²) in [6.07, 6.45) is 0. The van der Waals surface area contributed by atoms with Crippen molar-refractivity contribution in [1.82, 2.24) is 4.90 Å². The van der Waals surface area contributed by atoms with Crippen molar-refractivity contribution < 1.29 is 4.79 Å². The van der Waals surface area contributed by atoms with Crippen LogP contribution in [0.4, 0.5) is 0 Å². The molecule has 0 atom stereocenters. The normalized spacial score (nSPS) is 11.1. The number of nitrogens with zero attached hydrogens (tertiary/aromatic N) is 1. The second-order valence-corrected chi connectivity index (χ2v) is 6.68. The van der Waals surface area contributed by atoms with Gasteiger partial charge in [0.25, 0.3) is 0 Å². The van der Waals surface area contributed by atoms with Crippen molar-refractivity contribution in [2.24, 2.45) is 5.92 Å². The van der Waals surface area contributed by atoms with E-state index in [1.54, 1.807) is 11.8 Å². The van der Waals surface area contributed by atoms with E-state index in [9.17, 15) is 4.79 Å². The first-order chi connectivity index (χ1) is 8.90. The van der Waals surface area contributed by atoms with Crippen molar-refractivity contribution in [2.45, 2.75) is 45.6 Å². The highest BCUT2D eigenvalue weighted by molar-refractivity contribution is 8.00. The lowest BCUT2D eigenvalue weighted by Crippen LogP contribution is -2.40. The molecule has 0 aliphatic carbocycles. The van der Waals surface area contributed by atoms with Crippen molar-refractivity contribution in [3.05, 3.63) is 29.8 Å². The fourth-order valence-electron chi connectivity index (χ4n) is 1.86. The zero-order valence-corrected chi connectivity index (χ0v) is 13.5. The van der Waals surface area contributed by atoms with Gasteiger partial charge in [-0.1, -0.05) is 31.5 Å². The van der Waals surface area contributed by atoms with E-state index in [0.29, 0.717) is 11.7 Å². The number of aryl methyl sites for hydroxylation is 1. The highest BCUT2D eigenvalue weighted by atomic mass is 32.2. The molecule has 106 valence electrons. The Bertz CT molecular complexity index is 398. The standard InChI is InChI=1S/C16H25NOS/c1-12(2)10-17(13(3)4)16(18)11-19-15-8-6-14(5)7-9-15/h6-9,12-13H,10-11H2,1-5H3. The van der Waals surface area contributed by atoms with Crippen LogP contribution in [0.2, 0.25) is 0 Å². The van der Waals surface area contributed by atoms with Crippen molar-refractivity contribution in [2.75, 3.05) is 12.3 Å². The Balaban J connectivity index is 2.54. The van der Waals surface area contributed by atoms with Gasteiger partial charge in [0.05, 0.1) is 5.75 Å². The molecule has 0 saturated carbocycles. The average molecular weight is 279 g/mol. The first kappa shape index (κ1) is 16.1. The van der Waals surface area contributed by atoms with Crippen LogP contribution in [0.1, 0.15) is 33.3 Å². The van der Waals surface area contributed by atoms with E-state index < -0.39 is 0 Å². The lowest BCUT2D eigenvalue weighted by atomic mass is 10.2. The highest BCUT2D eigenvalue weighted by Crippen LogP contribution is 2.19. The summed E-state index contributed by atoms with van der Waals surface area (Å²) in [7, 11) is 0. The molecule has 0 radical (unpaired) electrons. The largest absolute Gasteiger partial charge is 0.339 e. The summed E-state index contributed by atoms with van der Waals surface area (Å²) in [6.45, 7) is 11.4. The van der Waals surface area contributed by atoms with Gasteiger partial charge >= 0.3 is 0 Å². The van der Waals surface area contributed by atoms with Crippen LogP contribution in [0, 0.1) is 12.8 Å². The van der Waals surface area contributed by atoms with E-state index in [4.69, 9.17) is 0 Å². The first-order valence-corrected chi connectivity index (χ1v) is 7.87. The van der Waals surface area contributed by atoms with Crippen LogP contribution in [0.25, 0.3) is 0 Å². The minimum absolute atomic E-state index is 0.231. The molecule has 0 bridgehead atoms. The van der Waals surface area contributed by atoms with Gasteiger partial charge in [-0.25, -0.2) is 0 Å². The Morgan fingerprint density at radius 3 is 2.21 bits per heavy atom. The number of benzene rings is 1. The number of hydrogen-bond acceptors (Lipinski definition) is 2. The predicted octanol–water partition coefficient (Wildman–Crippen LogP) is 3.98. The summed E-state index contributed by atoms with van der Waals surface area (Å²) in [5.41, 5.74) is 1.25. The van der Waals surface area contributed by atoms with Gasteiger partial charge in [-0.2, -0.15) is 0 Å². The van der Waals surface area contributed by atoms with Crippen LogP contribution < -0.4 is 0 Å². The predicted molar refractivity (Wildman–Crippen MR) is 83.6 cm³/mol. The van der Waals surface area contributed by atoms with Gasteiger partial charge in [-0.3, -0.25) is 4.79 Å². The summed E-state index contributed by atoms with van der Waals surface area (Å²) in [4.78, 5) is 15.4. The lowest BCUT2D eigenvalue weighted by molar-refractivity contribution is -0.130. The Hall–Kier alpha value is -0.960. The molecule has 3 heteroatoms. The van der Waals surface area contributed by atoms with Gasteiger partial charge in [0, 0.05) is 17.5 Å². The monoisotopic (exact) mass is 279 g/mol. The summed E-state index contributed by atoms with van der Waals surface area (Å²) >= 11 is 1.62. The molecule has 1 aromatic rings. The smallest absolute Gasteiger partial charge is 0.233 e. The van der Waals surface area contributed by atoms with Crippen molar-refractivity contribution >= 4 is 17.7 Å². The molecule has 19 heavy (non-hydrogen) atoms. The Kier molecular flexibility index (Phi) is 6.43. The van der Waals surface area contributed by atoms with Crippen LogP contribution in [0.15, 0.2) is 29.2 Å². The van der Waals surface area contributed by atoms with E-state index >= 15 is 0 Å². The Labute approximate surface area is 121 Å². The molecule has 0 aliphatic rings. The summed E-state index contributed by atoms with van der Waals surface area (Å²) in [5, 5.41) is 0. The summed E-state index contributed by atoms with van der Waals surface area (Å²) in [6, 6.07) is 8.60. The van der Waals surface area contributed by atoms with E-state index in [2.05, 4.69) is 58.9 Å². The maximum absolute atomic E-state index is 12.3. The third kappa shape index (κ3) is 5.68. The van der Waals surface area contributed by atoms with Gasteiger partial charge in [-0.05, 0) is 38.8 Å². The second-order valence-electron chi connectivity index (χ2n) is 5.64. The van der Waals surface area contributed by atoms with Gasteiger partial charge in [0.15, 0.2) is 0 Å². The number of rotatable bonds is 6. The van der Waals surface area contributed by atoms with Crippen LogP contribution >= 0.6 is 11.8 Å². The summed E-state index contributed by atoms with van der Waals surface area (Å²) in [5.74, 6) is 1.26.